The minimum absolute atomic E-state index is 0.0497. The molecule has 0 bridgehead atoms. The van der Waals surface area contributed by atoms with E-state index in [1.54, 1.807) is 42.2 Å². The number of nitrogens with one attached hydrogen (secondary N) is 1. The highest BCUT2D eigenvalue weighted by Crippen LogP contribution is 2.26. The van der Waals surface area contributed by atoms with Gasteiger partial charge in [0, 0.05) is 24.8 Å². The van der Waals surface area contributed by atoms with Crippen LogP contribution < -0.4 is 9.62 Å². The standard InChI is InChI=1S/C21H27FN2O3S/c1-5-11-24(16(4)25)21-10-9-19(13-18(21)6-2)23-28(26,27)14-17-8-7-15(3)20(22)12-17/h7-10,12-13,23H,5-6,11,14H2,1-4H3. The molecule has 0 fully saturated rings. The van der Waals surface area contributed by atoms with Gasteiger partial charge in [-0.2, -0.15) is 0 Å². The summed E-state index contributed by atoms with van der Waals surface area (Å²) in [6.45, 7) is 7.70. The van der Waals surface area contributed by atoms with Crippen molar-refractivity contribution in [1.29, 1.82) is 0 Å². The summed E-state index contributed by atoms with van der Waals surface area (Å²) in [5.41, 5.74) is 2.95. The Balaban J connectivity index is 2.25. The van der Waals surface area contributed by atoms with Crippen LogP contribution in [0.4, 0.5) is 15.8 Å². The van der Waals surface area contributed by atoms with Crippen LogP contribution in [0.25, 0.3) is 0 Å². The molecule has 0 saturated heterocycles. The first-order valence-electron chi connectivity index (χ1n) is 9.33. The molecule has 0 aliphatic carbocycles. The van der Waals surface area contributed by atoms with Crippen LogP contribution in [0.3, 0.4) is 0 Å². The number of anilines is 2. The van der Waals surface area contributed by atoms with Gasteiger partial charge in [-0.05, 0) is 60.7 Å². The van der Waals surface area contributed by atoms with Crippen molar-refractivity contribution in [3.8, 4) is 0 Å². The summed E-state index contributed by atoms with van der Waals surface area (Å²) in [5.74, 6) is -0.792. The first kappa shape index (κ1) is 21.9. The van der Waals surface area contributed by atoms with E-state index in [0.717, 1.165) is 17.7 Å². The van der Waals surface area contributed by atoms with Gasteiger partial charge in [-0.15, -0.1) is 0 Å². The number of carbonyl (C=O) groups is 1. The second kappa shape index (κ2) is 9.19. The average molecular weight is 407 g/mol. The summed E-state index contributed by atoms with van der Waals surface area (Å²) in [7, 11) is -3.70. The molecule has 0 spiro atoms. The molecule has 2 aromatic carbocycles. The molecule has 2 aromatic rings. The summed E-state index contributed by atoms with van der Waals surface area (Å²) in [5, 5.41) is 0. The molecule has 7 heteroatoms. The van der Waals surface area contributed by atoms with Crippen molar-refractivity contribution >= 4 is 27.3 Å². The average Bonchev–Trinajstić information content (AvgIpc) is 2.62. The minimum atomic E-state index is -3.70. The van der Waals surface area contributed by atoms with Gasteiger partial charge in [0.2, 0.25) is 15.9 Å². The van der Waals surface area contributed by atoms with Gasteiger partial charge in [0.25, 0.3) is 0 Å². The molecule has 0 saturated carbocycles. The first-order valence-corrected chi connectivity index (χ1v) is 11.0. The monoisotopic (exact) mass is 406 g/mol. The van der Waals surface area contributed by atoms with Gasteiger partial charge in [-0.3, -0.25) is 9.52 Å². The maximum atomic E-state index is 13.7. The highest BCUT2D eigenvalue weighted by atomic mass is 32.2. The van der Waals surface area contributed by atoms with E-state index < -0.39 is 15.8 Å². The number of sulfonamides is 1. The number of amides is 1. The van der Waals surface area contributed by atoms with Crippen LogP contribution in [0.1, 0.15) is 43.9 Å². The molecule has 152 valence electrons. The fourth-order valence-electron chi connectivity index (χ4n) is 3.03. The van der Waals surface area contributed by atoms with Crippen molar-refractivity contribution in [3.63, 3.8) is 0 Å². The molecule has 0 heterocycles. The zero-order valence-corrected chi connectivity index (χ0v) is 17.6. The number of hydrogen-bond acceptors (Lipinski definition) is 3. The Morgan fingerprint density at radius 2 is 1.86 bits per heavy atom. The second-order valence-corrected chi connectivity index (χ2v) is 8.53. The number of rotatable bonds is 8. The second-order valence-electron chi connectivity index (χ2n) is 6.81. The Kier molecular flexibility index (Phi) is 7.18. The number of hydrogen-bond donors (Lipinski definition) is 1. The third-order valence-electron chi connectivity index (χ3n) is 4.44. The summed E-state index contributed by atoms with van der Waals surface area (Å²) in [6, 6.07) is 9.56. The van der Waals surface area contributed by atoms with E-state index in [-0.39, 0.29) is 11.7 Å². The van der Waals surface area contributed by atoms with Crippen LogP contribution >= 0.6 is 0 Å². The van der Waals surface area contributed by atoms with Gasteiger partial charge >= 0.3 is 0 Å². The number of carbonyl (C=O) groups excluding carboxylic acids is 1. The molecule has 0 radical (unpaired) electrons. The van der Waals surface area contributed by atoms with Gasteiger partial charge < -0.3 is 4.90 Å². The molecule has 0 unspecified atom stereocenters. The van der Waals surface area contributed by atoms with Gasteiger partial charge in [0.1, 0.15) is 5.82 Å². The molecule has 1 amide bonds. The molecular formula is C21H27FN2O3S. The normalized spacial score (nSPS) is 11.3. The van der Waals surface area contributed by atoms with Crippen LogP contribution in [-0.4, -0.2) is 20.9 Å². The summed E-state index contributed by atoms with van der Waals surface area (Å²) < 4.78 is 41.2. The van der Waals surface area contributed by atoms with Crippen molar-refractivity contribution in [2.45, 2.75) is 46.3 Å². The predicted molar refractivity (Wildman–Crippen MR) is 112 cm³/mol. The zero-order valence-electron chi connectivity index (χ0n) is 16.8. The van der Waals surface area contributed by atoms with E-state index in [2.05, 4.69) is 4.72 Å². The summed E-state index contributed by atoms with van der Waals surface area (Å²) in [4.78, 5) is 13.7. The highest BCUT2D eigenvalue weighted by molar-refractivity contribution is 7.91. The number of nitrogens with zero attached hydrogens (tertiary/aromatic N) is 1. The quantitative estimate of drug-likeness (QED) is 0.706. The lowest BCUT2D eigenvalue weighted by Crippen LogP contribution is -2.30. The van der Waals surface area contributed by atoms with E-state index in [4.69, 9.17) is 0 Å². The van der Waals surface area contributed by atoms with Gasteiger partial charge in [0.05, 0.1) is 5.75 Å². The van der Waals surface area contributed by atoms with Crippen LogP contribution in [0.15, 0.2) is 36.4 Å². The topological polar surface area (TPSA) is 66.5 Å². The van der Waals surface area contributed by atoms with Crippen LogP contribution in [0.2, 0.25) is 0 Å². The Morgan fingerprint density at radius 1 is 1.14 bits per heavy atom. The van der Waals surface area contributed by atoms with E-state index in [9.17, 15) is 17.6 Å². The lowest BCUT2D eigenvalue weighted by Gasteiger charge is -2.24. The molecule has 0 aliphatic rings. The number of halogens is 1. The van der Waals surface area contributed by atoms with Crippen molar-refractivity contribution in [1.82, 2.24) is 0 Å². The Bertz CT molecular complexity index is 958. The Labute approximate surface area is 166 Å². The van der Waals surface area contributed by atoms with Crippen molar-refractivity contribution in [2.75, 3.05) is 16.2 Å². The molecular weight excluding hydrogens is 379 g/mol. The summed E-state index contributed by atoms with van der Waals surface area (Å²) >= 11 is 0. The van der Waals surface area contributed by atoms with Crippen LogP contribution in [0.5, 0.6) is 0 Å². The molecule has 28 heavy (non-hydrogen) atoms. The Hall–Kier alpha value is -2.41. The maximum Gasteiger partial charge on any atom is 0.236 e. The molecule has 0 aliphatic heterocycles. The van der Waals surface area contributed by atoms with Crippen LogP contribution in [0, 0.1) is 12.7 Å². The fourth-order valence-corrected chi connectivity index (χ4v) is 4.20. The third-order valence-corrected chi connectivity index (χ3v) is 5.70. The minimum Gasteiger partial charge on any atom is -0.312 e. The molecule has 0 atom stereocenters. The lowest BCUT2D eigenvalue weighted by atomic mass is 10.1. The van der Waals surface area contributed by atoms with Crippen molar-refractivity contribution < 1.29 is 17.6 Å². The first-order chi connectivity index (χ1) is 13.2. The van der Waals surface area contributed by atoms with E-state index in [1.165, 1.54) is 13.0 Å². The largest absolute Gasteiger partial charge is 0.312 e. The maximum absolute atomic E-state index is 13.7. The highest BCUT2D eigenvalue weighted by Gasteiger charge is 2.17. The SMILES string of the molecule is CCCN(C(C)=O)c1ccc(NS(=O)(=O)Cc2ccc(C)c(F)c2)cc1CC. The van der Waals surface area contributed by atoms with Crippen LogP contribution in [-0.2, 0) is 27.0 Å². The van der Waals surface area contributed by atoms with Crippen molar-refractivity contribution in [3.05, 3.63) is 58.9 Å². The summed E-state index contributed by atoms with van der Waals surface area (Å²) in [6.07, 6.45) is 1.48. The smallest absolute Gasteiger partial charge is 0.236 e. The zero-order chi connectivity index (χ0) is 20.9. The molecule has 1 N–H and O–H groups in total. The molecule has 0 aromatic heterocycles. The number of aryl methyl sites for hydroxylation is 2. The van der Waals surface area contributed by atoms with Gasteiger partial charge in [-0.1, -0.05) is 26.0 Å². The molecule has 2 rings (SSSR count). The van der Waals surface area contributed by atoms with Gasteiger partial charge in [0.15, 0.2) is 0 Å². The van der Waals surface area contributed by atoms with Crippen molar-refractivity contribution in [2.24, 2.45) is 0 Å². The predicted octanol–water partition coefficient (Wildman–Crippen LogP) is 4.40. The third kappa shape index (κ3) is 5.55. The van der Waals surface area contributed by atoms with Gasteiger partial charge in [-0.25, -0.2) is 12.8 Å². The lowest BCUT2D eigenvalue weighted by molar-refractivity contribution is -0.116. The van der Waals surface area contributed by atoms with E-state index in [0.29, 0.717) is 29.8 Å². The number of benzene rings is 2. The van der Waals surface area contributed by atoms with E-state index >= 15 is 0 Å². The van der Waals surface area contributed by atoms with E-state index in [1.807, 2.05) is 13.8 Å². The fraction of sp³-hybridized carbons (Fsp3) is 0.381. The molecule has 5 nitrogen and oxygen atoms in total. The Morgan fingerprint density at radius 3 is 2.43 bits per heavy atom.